The van der Waals surface area contributed by atoms with E-state index in [9.17, 15) is 5.11 Å². The lowest BCUT2D eigenvalue weighted by molar-refractivity contribution is 0.00467. The summed E-state index contributed by atoms with van der Waals surface area (Å²) in [5, 5.41) is 15.6. The quantitative estimate of drug-likeness (QED) is 0.246. The molecule has 0 fully saturated rings. The number of ether oxygens (including phenoxy) is 3. The first-order valence-electron chi connectivity index (χ1n) is 12.9. The summed E-state index contributed by atoms with van der Waals surface area (Å²) in [4.78, 5) is 2.16. The number of aromatic nitrogens is 2. The van der Waals surface area contributed by atoms with Gasteiger partial charge in [-0.15, -0.1) is 0 Å². The van der Waals surface area contributed by atoms with Crippen LogP contribution >= 0.6 is 0 Å². The molecule has 7 heteroatoms. The average Bonchev–Trinajstić information content (AvgIpc) is 3.22. The Hall–Kier alpha value is -3.49. The van der Waals surface area contributed by atoms with Gasteiger partial charge in [0.2, 0.25) is 5.88 Å². The highest BCUT2D eigenvalue weighted by atomic mass is 16.5. The van der Waals surface area contributed by atoms with Gasteiger partial charge in [-0.3, -0.25) is 4.90 Å². The molecule has 0 saturated heterocycles. The Morgan fingerprint density at radius 2 is 1.68 bits per heavy atom. The maximum Gasteiger partial charge on any atom is 0.227 e. The molecule has 1 unspecified atom stereocenters. The van der Waals surface area contributed by atoms with Gasteiger partial charge in [0.1, 0.15) is 5.75 Å². The van der Waals surface area contributed by atoms with E-state index in [1.165, 1.54) is 0 Å². The molecule has 38 heavy (non-hydrogen) atoms. The Labute approximate surface area is 225 Å². The number of rotatable bonds is 14. The SMILES string of the molecule is COCCN(Cc1c(C)nn(-c2ccccc2)c1Oc1cccc(C)c1)CC(O)COCc1ccccc1. The molecule has 0 aliphatic carbocycles. The number of hydrogen-bond donors (Lipinski definition) is 1. The van der Waals surface area contributed by atoms with Gasteiger partial charge in [0.05, 0.1) is 42.9 Å². The van der Waals surface area contributed by atoms with Gasteiger partial charge >= 0.3 is 0 Å². The summed E-state index contributed by atoms with van der Waals surface area (Å²) in [6, 6.07) is 27.9. The number of hydrogen-bond acceptors (Lipinski definition) is 6. The summed E-state index contributed by atoms with van der Waals surface area (Å²) < 4.78 is 19.5. The molecule has 0 amide bonds. The molecule has 4 aromatic rings. The van der Waals surface area contributed by atoms with Crippen molar-refractivity contribution in [3.8, 4) is 17.3 Å². The van der Waals surface area contributed by atoms with E-state index in [-0.39, 0.29) is 6.61 Å². The van der Waals surface area contributed by atoms with Crippen molar-refractivity contribution in [2.75, 3.05) is 33.4 Å². The van der Waals surface area contributed by atoms with Crippen molar-refractivity contribution in [3.05, 3.63) is 107 Å². The fourth-order valence-electron chi connectivity index (χ4n) is 4.28. The number of aliphatic hydroxyl groups is 1. The van der Waals surface area contributed by atoms with Crippen LogP contribution < -0.4 is 4.74 Å². The molecule has 1 heterocycles. The molecule has 0 bridgehead atoms. The number of para-hydroxylation sites is 1. The van der Waals surface area contributed by atoms with E-state index in [1.54, 1.807) is 7.11 Å². The zero-order chi connectivity index (χ0) is 26.7. The summed E-state index contributed by atoms with van der Waals surface area (Å²) >= 11 is 0. The van der Waals surface area contributed by atoms with E-state index in [1.807, 2.05) is 103 Å². The van der Waals surface area contributed by atoms with Gasteiger partial charge < -0.3 is 19.3 Å². The third-order valence-corrected chi connectivity index (χ3v) is 6.23. The van der Waals surface area contributed by atoms with Crippen molar-refractivity contribution >= 4 is 0 Å². The molecule has 200 valence electrons. The lowest BCUT2D eigenvalue weighted by Gasteiger charge is -2.25. The summed E-state index contributed by atoms with van der Waals surface area (Å²) in [5.74, 6) is 1.41. The van der Waals surface area contributed by atoms with Gasteiger partial charge in [-0.25, -0.2) is 4.68 Å². The van der Waals surface area contributed by atoms with Gasteiger partial charge in [0.15, 0.2) is 0 Å². The van der Waals surface area contributed by atoms with Crippen molar-refractivity contribution in [1.29, 1.82) is 0 Å². The first-order valence-corrected chi connectivity index (χ1v) is 12.9. The molecule has 1 atom stereocenters. The van der Waals surface area contributed by atoms with Crippen molar-refractivity contribution in [2.45, 2.75) is 33.1 Å². The van der Waals surface area contributed by atoms with E-state index in [0.29, 0.717) is 38.7 Å². The molecule has 1 N–H and O–H groups in total. The molecule has 0 saturated carbocycles. The zero-order valence-corrected chi connectivity index (χ0v) is 22.4. The first-order chi connectivity index (χ1) is 18.5. The van der Waals surface area contributed by atoms with Crippen molar-refractivity contribution in [1.82, 2.24) is 14.7 Å². The van der Waals surface area contributed by atoms with Crippen LogP contribution in [0.25, 0.3) is 5.69 Å². The molecule has 4 rings (SSSR count). The Kier molecular flexibility index (Phi) is 10.1. The minimum absolute atomic E-state index is 0.243. The number of methoxy groups -OCH3 is 1. The second-order valence-electron chi connectivity index (χ2n) is 9.42. The van der Waals surface area contributed by atoms with E-state index in [4.69, 9.17) is 19.3 Å². The van der Waals surface area contributed by atoms with Crippen LogP contribution in [0.1, 0.15) is 22.4 Å². The minimum atomic E-state index is -0.652. The Morgan fingerprint density at radius 1 is 0.947 bits per heavy atom. The van der Waals surface area contributed by atoms with Gasteiger partial charge in [-0.05, 0) is 49.2 Å². The highest BCUT2D eigenvalue weighted by molar-refractivity contribution is 5.43. The lowest BCUT2D eigenvalue weighted by atomic mass is 10.2. The largest absolute Gasteiger partial charge is 0.439 e. The number of nitrogens with zero attached hydrogens (tertiary/aromatic N) is 3. The van der Waals surface area contributed by atoms with E-state index in [0.717, 1.165) is 33.8 Å². The molecule has 0 radical (unpaired) electrons. The summed E-state index contributed by atoms with van der Waals surface area (Å²) in [6.45, 7) is 6.90. The van der Waals surface area contributed by atoms with Gasteiger partial charge in [-0.2, -0.15) is 5.10 Å². The zero-order valence-electron chi connectivity index (χ0n) is 22.4. The van der Waals surface area contributed by atoms with Crippen LogP contribution in [0.15, 0.2) is 84.9 Å². The molecular weight excluding hydrogens is 478 g/mol. The standard InChI is InChI=1S/C31H37N3O4/c1-24-11-10-16-29(19-24)38-31-30(25(2)32-34(31)27-14-8-5-9-15-27)21-33(17-18-36-3)20-28(35)23-37-22-26-12-6-4-7-13-26/h4-16,19,28,35H,17-18,20-23H2,1-3H3. The fraction of sp³-hybridized carbons (Fsp3) is 0.323. The summed E-state index contributed by atoms with van der Waals surface area (Å²) in [6.07, 6.45) is -0.652. The Morgan fingerprint density at radius 3 is 2.39 bits per heavy atom. The highest BCUT2D eigenvalue weighted by Gasteiger charge is 2.23. The van der Waals surface area contributed by atoms with Crippen molar-refractivity contribution in [3.63, 3.8) is 0 Å². The van der Waals surface area contributed by atoms with Crippen LogP contribution in [-0.4, -0.2) is 59.3 Å². The van der Waals surface area contributed by atoms with Crippen LogP contribution in [0.2, 0.25) is 0 Å². The number of benzene rings is 3. The second-order valence-corrected chi connectivity index (χ2v) is 9.42. The predicted octanol–water partition coefficient (Wildman–Crippen LogP) is 5.31. The summed E-state index contributed by atoms with van der Waals surface area (Å²) in [5.41, 5.74) is 4.95. The molecule has 7 nitrogen and oxygen atoms in total. The minimum Gasteiger partial charge on any atom is -0.439 e. The lowest BCUT2D eigenvalue weighted by Crippen LogP contribution is -2.36. The second kappa shape index (κ2) is 13.9. The van der Waals surface area contributed by atoms with Crippen molar-refractivity contribution < 1.29 is 19.3 Å². The number of aryl methyl sites for hydroxylation is 2. The molecule has 0 spiro atoms. The number of aliphatic hydroxyl groups excluding tert-OH is 1. The molecule has 0 aliphatic rings. The third-order valence-electron chi connectivity index (χ3n) is 6.23. The predicted molar refractivity (Wildman–Crippen MR) is 149 cm³/mol. The Balaban J connectivity index is 1.54. The van der Waals surface area contributed by atoms with Crippen LogP contribution in [0.4, 0.5) is 0 Å². The highest BCUT2D eigenvalue weighted by Crippen LogP contribution is 2.32. The molecule has 0 aliphatic heterocycles. The average molecular weight is 516 g/mol. The van der Waals surface area contributed by atoms with E-state index < -0.39 is 6.10 Å². The fourth-order valence-corrected chi connectivity index (χ4v) is 4.28. The van der Waals surface area contributed by atoms with Crippen LogP contribution in [-0.2, 0) is 22.6 Å². The van der Waals surface area contributed by atoms with Crippen molar-refractivity contribution in [2.24, 2.45) is 0 Å². The van der Waals surface area contributed by atoms with Gasteiger partial charge in [-0.1, -0.05) is 60.7 Å². The van der Waals surface area contributed by atoms with Gasteiger partial charge in [0.25, 0.3) is 0 Å². The summed E-state index contributed by atoms with van der Waals surface area (Å²) in [7, 11) is 1.68. The first kappa shape index (κ1) is 27.5. The van der Waals surface area contributed by atoms with Crippen LogP contribution in [0, 0.1) is 13.8 Å². The maximum atomic E-state index is 10.8. The molecular formula is C31H37N3O4. The van der Waals surface area contributed by atoms with Crippen LogP contribution in [0.3, 0.4) is 0 Å². The van der Waals surface area contributed by atoms with E-state index in [2.05, 4.69) is 4.90 Å². The van der Waals surface area contributed by atoms with Gasteiger partial charge in [0, 0.05) is 26.7 Å². The third kappa shape index (κ3) is 7.76. The molecule has 1 aromatic heterocycles. The smallest absolute Gasteiger partial charge is 0.227 e. The topological polar surface area (TPSA) is 69.0 Å². The van der Waals surface area contributed by atoms with Crippen LogP contribution in [0.5, 0.6) is 11.6 Å². The molecule has 3 aromatic carbocycles. The van der Waals surface area contributed by atoms with E-state index >= 15 is 0 Å². The maximum absolute atomic E-state index is 10.8. The normalized spacial score (nSPS) is 12.1. The Bertz CT molecular complexity index is 1260. The monoisotopic (exact) mass is 515 g/mol.